The number of carbonyl (C=O) groups excluding carboxylic acids is 1. The van der Waals surface area contributed by atoms with E-state index >= 15 is 0 Å². The number of esters is 1. The summed E-state index contributed by atoms with van der Waals surface area (Å²) < 4.78 is 11.7. The summed E-state index contributed by atoms with van der Waals surface area (Å²) >= 11 is 7.12. The highest BCUT2D eigenvalue weighted by Gasteiger charge is 2.12. The van der Waals surface area contributed by atoms with Crippen molar-refractivity contribution in [3.8, 4) is 5.75 Å². The van der Waals surface area contributed by atoms with E-state index in [0.717, 1.165) is 5.01 Å². The van der Waals surface area contributed by atoms with E-state index in [2.05, 4.69) is 10.1 Å². The zero-order chi connectivity index (χ0) is 18.7. The summed E-state index contributed by atoms with van der Waals surface area (Å²) in [5, 5.41) is 5.64. The first kappa shape index (κ1) is 18.3. The van der Waals surface area contributed by atoms with Crippen molar-refractivity contribution in [1.82, 2.24) is 14.6 Å². The molecule has 0 aliphatic carbocycles. The molecule has 0 N–H and O–H groups in total. The van der Waals surface area contributed by atoms with Crippen molar-refractivity contribution in [1.29, 1.82) is 0 Å². The second kappa shape index (κ2) is 7.84. The van der Waals surface area contributed by atoms with Crippen molar-refractivity contribution in [2.75, 3.05) is 6.61 Å². The van der Waals surface area contributed by atoms with Gasteiger partial charge in [0.1, 0.15) is 17.4 Å². The number of aromatic nitrogens is 3. The zero-order valence-corrected chi connectivity index (χ0v) is 15.7. The number of nitrogens with zero attached hydrogens (tertiary/aromatic N) is 3. The van der Waals surface area contributed by atoms with Gasteiger partial charge in [0.25, 0.3) is 5.56 Å². The normalized spacial score (nSPS) is 11.1. The molecule has 26 heavy (non-hydrogen) atoms. The summed E-state index contributed by atoms with van der Waals surface area (Å²) in [6.07, 6.45) is 0. The number of carbonyl (C=O) groups is 1. The van der Waals surface area contributed by atoms with Gasteiger partial charge >= 0.3 is 5.97 Å². The van der Waals surface area contributed by atoms with E-state index in [1.54, 1.807) is 24.3 Å². The molecule has 9 heteroatoms. The van der Waals surface area contributed by atoms with Crippen molar-refractivity contribution < 1.29 is 14.3 Å². The van der Waals surface area contributed by atoms with Crippen LogP contribution in [0.3, 0.4) is 0 Å². The summed E-state index contributed by atoms with van der Waals surface area (Å²) in [5.74, 6) is 0.150. The number of rotatable bonds is 6. The topological polar surface area (TPSA) is 82.8 Å². The quantitative estimate of drug-likeness (QED) is 0.598. The fourth-order valence-corrected chi connectivity index (χ4v) is 3.10. The lowest BCUT2D eigenvalue weighted by Crippen LogP contribution is -2.18. The molecule has 0 saturated carbocycles. The van der Waals surface area contributed by atoms with Crippen LogP contribution in [0.5, 0.6) is 5.75 Å². The van der Waals surface area contributed by atoms with Gasteiger partial charge in [-0.05, 0) is 24.3 Å². The van der Waals surface area contributed by atoms with E-state index in [1.807, 2.05) is 13.8 Å². The minimum atomic E-state index is -0.561. The molecule has 2 aromatic heterocycles. The average Bonchev–Trinajstić information content (AvgIpc) is 3.04. The zero-order valence-electron chi connectivity index (χ0n) is 14.1. The highest BCUT2D eigenvalue weighted by atomic mass is 35.5. The summed E-state index contributed by atoms with van der Waals surface area (Å²) in [5.41, 5.74) is 0.0652. The number of hydrogen-bond acceptors (Lipinski definition) is 7. The molecule has 0 radical (unpaired) electrons. The first-order chi connectivity index (χ1) is 12.4. The smallest absolute Gasteiger partial charge is 0.344 e. The van der Waals surface area contributed by atoms with Crippen LogP contribution in [-0.4, -0.2) is 27.2 Å². The van der Waals surface area contributed by atoms with Crippen molar-refractivity contribution in [3.63, 3.8) is 0 Å². The largest absolute Gasteiger partial charge is 0.482 e. The van der Waals surface area contributed by atoms with E-state index in [-0.39, 0.29) is 24.7 Å². The second-order valence-electron chi connectivity index (χ2n) is 5.78. The van der Waals surface area contributed by atoms with Gasteiger partial charge in [-0.1, -0.05) is 36.8 Å². The Hall–Kier alpha value is -2.45. The van der Waals surface area contributed by atoms with Crippen LogP contribution in [0.4, 0.5) is 0 Å². The lowest BCUT2D eigenvalue weighted by atomic mass is 10.2. The Labute approximate surface area is 158 Å². The third kappa shape index (κ3) is 4.39. The minimum Gasteiger partial charge on any atom is -0.482 e. The van der Waals surface area contributed by atoms with Crippen molar-refractivity contribution in [2.24, 2.45) is 0 Å². The standard InChI is InChI=1S/C17H16ClN3O4S/c1-10(2)16-20-21-14(22)7-12(19-17(21)26-16)8-25-15(23)9-24-13-5-3-11(18)4-6-13/h3-7,10H,8-9H2,1-2H3. The van der Waals surface area contributed by atoms with E-state index in [4.69, 9.17) is 21.1 Å². The third-order valence-electron chi connectivity index (χ3n) is 3.36. The number of halogens is 1. The summed E-state index contributed by atoms with van der Waals surface area (Å²) in [4.78, 5) is 28.7. The minimum absolute atomic E-state index is 0.108. The number of fused-ring (bicyclic) bond motifs is 1. The number of hydrogen-bond donors (Lipinski definition) is 0. The molecule has 3 aromatic rings. The highest BCUT2D eigenvalue weighted by Crippen LogP contribution is 2.20. The predicted molar refractivity (Wildman–Crippen MR) is 98.0 cm³/mol. The maximum atomic E-state index is 12.1. The fraction of sp³-hybridized carbons (Fsp3) is 0.294. The molecule has 7 nitrogen and oxygen atoms in total. The van der Waals surface area contributed by atoms with Crippen LogP contribution in [0.1, 0.15) is 30.5 Å². The van der Waals surface area contributed by atoms with Gasteiger partial charge in [0, 0.05) is 17.0 Å². The second-order valence-corrected chi connectivity index (χ2v) is 7.20. The predicted octanol–water partition coefficient (Wildman–Crippen LogP) is 3.05. The van der Waals surface area contributed by atoms with Gasteiger partial charge in [-0.25, -0.2) is 9.78 Å². The van der Waals surface area contributed by atoms with Crippen molar-refractivity contribution in [3.05, 3.63) is 56.4 Å². The molecule has 3 rings (SSSR count). The molecule has 0 unspecified atom stereocenters. The molecule has 136 valence electrons. The average molecular weight is 394 g/mol. The van der Waals surface area contributed by atoms with E-state index in [1.165, 1.54) is 21.9 Å². The van der Waals surface area contributed by atoms with Gasteiger partial charge in [0.05, 0.1) is 5.69 Å². The van der Waals surface area contributed by atoms with Crippen LogP contribution >= 0.6 is 22.9 Å². The van der Waals surface area contributed by atoms with Gasteiger partial charge < -0.3 is 9.47 Å². The SMILES string of the molecule is CC(C)c1nn2c(=O)cc(COC(=O)COc3ccc(Cl)cc3)nc2s1. The Morgan fingerprint density at radius 2 is 2.04 bits per heavy atom. The Kier molecular flexibility index (Phi) is 5.53. The Balaban J connectivity index is 1.61. The summed E-state index contributed by atoms with van der Waals surface area (Å²) in [7, 11) is 0. The van der Waals surface area contributed by atoms with Crippen LogP contribution in [0, 0.1) is 0 Å². The lowest BCUT2D eigenvalue weighted by Gasteiger charge is -2.06. The van der Waals surface area contributed by atoms with Crippen LogP contribution in [-0.2, 0) is 16.1 Å². The van der Waals surface area contributed by atoms with Gasteiger partial charge in [-0.15, -0.1) is 0 Å². The van der Waals surface area contributed by atoms with Gasteiger partial charge in [-0.3, -0.25) is 4.79 Å². The molecule has 0 bridgehead atoms. The number of ether oxygens (including phenoxy) is 2. The molecule has 0 spiro atoms. The summed E-state index contributed by atoms with van der Waals surface area (Å²) in [6, 6.07) is 7.94. The molecule has 0 fully saturated rings. The molecule has 1 aromatic carbocycles. The monoisotopic (exact) mass is 393 g/mol. The van der Waals surface area contributed by atoms with Crippen molar-refractivity contribution in [2.45, 2.75) is 26.4 Å². The van der Waals surface area contributed by atoms with Gasteiger partial charge in [0.15, 0.2) is 6.61 Å². The Morgan fingerprint density at radius 3 is 2.73 bits per heavy atom. The number of benzene rings is 1. The van der Waals surface area contributed by atoms with E-state index in [9.17, 15) is 9.59 Å². The van der Waals surface area contributed by atoms with Crippen LogP contribution < -0.4 is 10.3 Å². The maximum absolute atomic E-state index is 12.1. The first-order valence-corrected chi connectivity index (χ1v) is 9.05. The lowest BCUT2D eigenvalue weighted by molar-refractivity contribution is -0.147. The van der Waals surface area contributed by atoms with Crippen LogP contribution in [0.25, 0.3) is 4.96 Å². The van der Waals surface area contributed by atoms with Gasteiger partial charge in [0.2, 0.25) is 4.96 Å². The third-order valence-corrected chi connectivity index (χ3v) is 4.82. The molecule has 0 aliphatic heterocycles. The van der Waals surface area contributed by atoms with Crippen molar-refractivity contribution >= 4 is 33.9 Å². The molecule has 0 amide bonds. The fourth-order valence-electron chi connectivity index (χ4n) is 2.05. The molecular weight excluding hydrogens is 378 g/mol. The van der Waals surface area contributed by atoms with Gasteiger partial charge in [-0.2, -0.15) is 9.61 Å². The molecule has 0 aliphatic rings. The first-order valence-electron chi connectivity index (χ1n) is 7.86. The molecular formula is C17H16ClN3O4S. The molecule has 0 saturated heterocycles. The van der Waals surface area contributed by atoms with Crippen LogP contribution in [0.2, 0.25) is 5.02 Å². The Morgan fingerprint density at radius 1 is 1.31 bits per heavy atom. The van der Waals surface area contributed by atoms with E-state index < -0.39 is 5.97 Å². The highest BCUT2D eigenvalue weighted by molar-refractivity contribution is 7.16. The Bertz CT molecular complexity index is 982. The molecule has 0 atom stereocenters. The van der Waals surface area contributed by atoms with Crippen LogP contribution in [0.15, 0.2) is 35.1 Å². The summed E-state index contributed by atoms with van der Waals surface area (Å²) in [6.45, 7) is 3.63. The maximum Gasteiger partial charge on any atom is 0.344 e. The van der Waals surface area contributed by atoms with E-state index in [0.29, 0.717) is 21.4 Å². The molecule has 2 heterocycles.